The number of benzene rings is 1. The first-order chi connectivity index (χ1) is 10.2. The Morgan fingerprint density at radius 1 is 1.24 bits per heavy atom. The zero-order chi connectivity index (χ0) is 14.4. The van der Waals surface area contributed by atoms with Crippen LogP contribution in [0, 0.1) is 11.8 Å². The van der Waals surface area contributed by atoms with Crippen molar-refractivity contribution in [1.29, 1.82) is 0 Å². The molecule has 2 nitrogen and oxygen atoms in total. The highest BCUT2D eigenvalue weighted by Gasteiger charge is 2.49. The van der Waals surface area contributed by atoms with Gasteiger partial charge in [0.15, 0.2) is 0 Å². The van der Waals surface area contributed by atoms with Crippen molar-refractivity contribution in [3.63, 3.8) is 0 Å². The highest BCUT2D eigenvalue weighted by Crippen LogP contribution is 2.55. The van der Waals surface area contributed by atoms with E-state index >= 15 is 0 Å². The fourth-order valence-corrected chi connectivity index (χ4v) is 5.28. The molecule has 0 amide bonds. The molecule has 0 unspecified atom stereocenters. The van der Waals surface area contributed by atoms with E-state index in [1.54, 1.807) is 12.7 Å². The molecule has 21 heavy (non-hydrogen) atoms. The summed E-state index contributed by atoms with van der Waals surface area (Å²) in [4.78, 5) is 0. The first-order valence-corrected chi connectivity index (χ1v) is 8.52. The molecule has 0 N–H and O–H groups in total. The minimum absolute atomic E-state index is 0.156. The lowest BCUT2D eigenvalue weighted by Crippen LogP contribution is -2.51. The minimum atomic E-state index is 0.156. The maximum Gasteiger partial charge on any atom is 0.119 e. The lowest BCUT2D eigenvalue weighted by molar-refractivity contribution is -0.151. The van der Waals surface area contributed by atoms with E-state index in [-0.39, 0.29) is 5.60 Å². The Labute approximate surface area is 127 Å². The molecule has 1 aromatic carbocycles. The first-order valence-electron chi connectivity index (χ1n) is 8.52. The number of rotatable bonds is 1. The molecule has 0 bridgehead atoms. The van der Waals surface area contributed by atoms with Gasteiger partial charge in [-0.05, 0) is 86.5 Å². The number of fused-ring (bicyclic) bond motifs is 5. The van der Waals surface area contributed by atoms with Gasteiger partial charge in [0.1, 0.15) is 5.75 Å². The van der Waals surface area contributed by atoms with Crippen LogP contribution in [-0.4, -0.2) is 19.3 Å². The summed E-state index contributed by atoms with van der Waals surface area (Å²) in [6, 6.07) is 6.74. The number of ether oxygens (including phenoxy) is 2. The van der Waals surface area contributed by atoms with Crippen LogP contribution in [0.25, 0.3) is 0 Å². The predicted molar refractivity (Wildman–Crippen MR) is 83.9 cm³/mol. The van der Waals surface area contributed by atoms with Gasteiger partial charge in [0.05, 0.1) is 12.7 Å². The second-order valence-corrected chi connectivity index (χ2v) is 7.32. The molecule has 0 radical (unpaired) electrons. The van der Waals surface area contributed by atoms with Crippen LogP contribution in [0.1, 0.15) is 56.1 Å². The molecule has 1 heterocycles. The molecule has 2 heteroatoms. The molecule has 4 atom stereocenters. The smallest absolute Gasteiger partial charge is 0.119 e. The van der Waals surface area contributed by atoms with Crippen molar-refractivity contribution in [3.05, 3.63) is 29.3 Å². The maximum absolute atomic E-state index is 6.22. The van der Waals surface area contributed by atoms with E-state index in [9.17, 15) is 0 Å². The van der Waals surface area contributed by atoms with Gasteiger partial charge >= 0.3 is 0 Å². The van der Waals surface area contributed by atoms with Crippen LogP contribution in [0.5, 0.6) is 5.75 Å². The molecule has 114 valence electrons. The Balaban J connectivity index is 1.67. The summed E-state index contributed by atoms with van der Waals surface area (Å²) in [7, 11) is 1.76. The van der Waals surface area contributed by atoms with Crippen LogP contribution in [0.2, 0.25) is 0 Å². The first kappa shape index (κ1) is 13.6. The average Bonchev–Trinajstić information content (AvgIpc) is 2.53. The van der Waals surface area contributed by atoms with Crippen molar-refractivity contribution >= 4 is 0 Å². The van der Waals surface area contributed by atoms with Crippen molar-refractivity contribution < 1.29 is 9.47 Å². The molecule has 0 spiro atoms. The fraction of sp³-hybridized carbons (Fsp3) is 0.684. The van der Waals surface area contributed by atoms with Gasteiger partial charge < -0.3 is 9.47 Å². The van der Waals surface area contributed by atoms with Gasteiger partial charge in [-0.25, -0.2) is 0 Å². The third-order valence-corrected chi connectivity index (χ3v) is 6.36. The zero-order valence-electron chi connectivity index (χ0n) is 13.2. The van der Waals surface area contributed by atoms with Gasteiger partial charge in [0.25, 0.3) is 0 Å². The van der Waals surface area contributed by atoms with E-state index in [1.165, 1.54) is 44.1 Å². The summed E-state index contributed by atoms with van der Waals surface area (Å²) < 4.78 is 11.6. The summed E-state index contributed by atoms with van der Waals surface area (Å²) in [6.45, 7) is 3.34. The average molecular weight is 286 g/mol. The zero-order valence-corrected chi connectivity index (χ0v) is 13.2. The molecule has 1 saturated heterocycles. The second kappa shape index (κ2) is 5.01. The van der Waals surface area contributed by atoms with Crippen LogP contribution in [0.4, 0.5) is 0 Å². The van der Waals surface area contributed by atoms with Crippen molar-refractivity contribution in [2.45, 2.75) is 57.0 Å². The van der Waals surface area contributed by atoms with Crippen molar-refractivity contribution in [1.82, 2.24) is 0 Å². The van der Waals surface area contributed by atoms with Crippen molar-refractivity contribution in [3.8, 4) is 5.75 Å². The Morgan fingerprint density at radius 3 is 3.00 bits per heavy atom. The summed E-state index contributed by atoms with van der Waals surface area (Å²) >= 11 is 0. The number of aryl methyl sites for hydroxylation is 1. The standard InChI is InChI=1S/C19H26O2/c1-19-10-9-16-15-8-6-14(20-2)12-13(15)5-7-17(16)18(19)4-3-11-21-19/h6,8,12,16-18H,3-5,7,9-11H2,1-2H3/t16-,17-,18+,19+/m1/s1. The summed E-state index contributed by atoms with van der Waals surface area (Å²) in [5.74, 6) is 3.35. The van der Waals surface area contributed by atoms with E-state index < -0.39 is 0 Å². The highest BCUT2D eigenvalue weighted by atomic mass is 16.5. The largest absolute Gasteiger partial charge is 0.497 e. The SMILES string of the molecule is COc1ccc2c(c1)CC[C@@H]1[C@@H]2CC[C@]2(C)OCCC[C@@H]12. The maximum atomic E-state index is 6.22. The lowest BCUT2D eigenvalue weighted by Gasteiger charge is -2.53. The lowest BCUT2D eigenvalue weighted by atomic mass is 9.57. The Hall–Kier alpha value is -1.02. The molecule has 1 saturated carbocycles. The summed E-state index contributed by atoms with van der Waals surface area (Å²) in [5, 5.41) is 0. The molecular weight excluding hydrogens is 260 g/mol. The van der Waals surface area contributed by atoms with Crippen LogP contribution in [-0.2, 0) is 11.2 Å². The van der Waals surface area contributed by atoms with E-state index in [0.29, 0.717) is 0 Å². The Kier molecular flexibility index (Phi) is 3.25. The highest BCUT2D eigenvalue weighted by molar-refractivity contribution is 5.40. The van der Waals surface area contributed by atoms with Gasteiger partial charge in [-0.2, -0.15) is 0 Å². The summed E-state index contributed by atoms with van der Waals surface area (Å²) in [6.07, 6.45) is 7.66. The van der Waals surface area contributed by atoms with E-state index in [4.69, 9.17) is 9.47 Å². The second-order valence-electron chi connectivity index (χ2n) is 7.32. The third-order valence-electron chi connectivity index (χ3n) is 6.36. The van der Waals surface area contributed by atoms with Gasteiger partial charge in [0, 0.05) is 6.61 Å². The fourth-order valence-electron chi connectivity index (χ4n) is 5.28. The number of hydrogen-bond donors (Lipinski definition) is 0. The minimum Gasteiger partial charge on any atom is -0.497 e. The molecule has 2 fully saturated rings. The van der Waals surface area contributed by atoms with Crippen molar-refractivity contribution in [2.75, 3.05) is 13.7 Å². The van der Waals surface area contributed by atoms with Crippen LogP contribution >= 0.6 is 0 Å². The van der Waals surface area contributed by atoms with Crippen LogP contribution < -0.4 is 4.74 Å². The predicted octanol–water partition coefficient (Wildman–Crippen LogP) is 4.32. The van der Waals surface area contributed by atoms with Gasteiger partial charge in [-0.15, -0.1) is 0 Å². The molecule has 2 aliphatic carbocycles. The molecule has 1 aromatic rings. The third kappa shape index (κ3) is 2.11. The Bertz CT molecular complexity index is 538. The van der Waals surface area contributed by atoms with Gasteiger partial charge in [-0.3, -0.25) is 0 Å². The molecule has 3 aliphatic rings. The van der Waals surface area contributed by atoms with E-state index in [1.807, 2.05) is 0 Å². The van der Waals surface area contributed by atoms with Gasteiger partial charge in [0.2, 0.25) is 0 Å². The topological polar surface area (TPSA) is 18.5 Å². The number of hydrogen-bond acceptors (Lipinski definition) is 2. The molecule has 0 aromatic heterocycles. The quantitative estimate of drug-likeness (QED) is 0.765. The molecule has 1 aliphatic heterocycles. The number of methoxy groups -OCH3 is 1. The van der Waals surface area contributed by atoms with E-state index in [2.05, 4.69) is 25.1 Å². The summed E-state index contributed by atoms with van der Waals surface area (Å²) in [5.41, 5.74) is 3.28. The van der Waals surface area contributed by atoms with Crippen molar-refractivity contribution in [2.24, 2.45) is 11.8 Å². The normalized spacial score (nSPS) is 38.1. The molecule has 4 rings (SSSR count). The van der Waals surface area contributed by atoms with Crippen LogP contribution in [0.3, 0.4) is 0 Å². The monoisotopic (exact) mass is 286 g/mol. The molecular formula is C19H26O2. The van der Waals surface area contributed by atoms with E-state index in [0.717, 1.165) is 30.1 Å². The Morgan fingerprint density at radius 2 is 2.14 bits per heavy atom. The van der Waals surface area contributed by atoms with Crippen LogP contribution in [0.15, 0.2) is 18.2 Å². The van der Waals surface area contributed by atoms with Gasteiger partial charge in [-0.1, -0.05) is 6.07 Å².